The van der Waals surface area contributed by atoms with E-state index in [-0.39, 0.29) is 17.0 Å². The van der Waals surface area contributed by atoms with Gasteiger partial charge in [-0.05, 0) is 13.0 Å². The molecular weight excluding hydrogens is 192 g/mol. The molecule has 1 aromatic rings. The Hall–Kier alpha value is -1.52. The minimum Gasteiger partial charge on any atom is -0.495 e. The van der Waals surface area contributed by atoms with Crippen LogP contribution in [-0.2, 0) is 0 Å². The number of carbonyl (C=O) groups excluding carboxylic acids is 1. The molecule has 0 saturated heterocycles. The molecule has 0 aliphatic rings. The largest absolute Gasteiger partial charge is 0.495 e. The topological polar surface area (TPSA) is 39.2 Å². The van der Waals surface area contributed by atoms with E-state index in [0.29, 0.717) is 6.29 Å². The van der Waals surface area contributed by atoms with Crippen molar-refractivity contribution in [3.63, 3.8) is 0 Å². The highest BCUT2D eigenvalue weighted by Crippen LogP contribution is 2.28. The number of rotatable bonds is 3. The number of aryl methyl sites for hydroxylation is 1. The van der Waals surface area contributed by atoms with Crippen molar-refractivity contribution < 1.29 is 18.3 Å². The van der Waals surface area contributed by atoms with Gasteiger partial charge in [0.15, 0.2) is 6.29 Å². The van der Waals surface area contributed by atoms with E-state index in [0.717, 1.165) is 0 Å². The molecule has 0 saturated carbocycles. The number of aldehydes is 1. The third kappa shape index (κ3) is 1.86. The third-order valence-electron chi connectivity index (χ3n) is 1.80. The van der Waals surface area contributed by atoms with Gasteiger partial charge in [-0.15, -0.1) is 0 Å². The molecule has 0 atom stereocenters. The molecule has 76 valence electrons. The van der Waals surface area contributed by atoms with Crippen LogP contribution in [0.15, 0.2) is 6.07 Å². The number of hydrogen-bond donors (Lipinski definition) is 0. The number of nitrogens with zero attached hydrogens (tertiary/aromatic N) is 1. The summed E-state index contributed by atoms with van der Waals surface area (Å²) >= 11 is 0. The fourth-order valence-electron chi connectivity index (χ4n) is 1.06. The second-order valence-corrected chi connectivity index (χ2v) is 2.67. The Morgan fingerprint density at radius 3 is 2.64 bits per heavy atom. The molecular formula is C9H9F2NO2. The van der Waals surface area contributed by atoms with Crippen molar-refractivity contribution in [3.8, 4) is 5.75 Å². The summed E-state index contributed by atoms with van der Waals surface area (Å²) in [5, 5.41) is 0. The van der Waals surface area contributed by atoms with E-state index in [4.69, 9.17) is 4.74 Å². The van der Waals surface area contributed by atoms with Crippen LogP contribution in [0.1, 0.15) is 28.2 Å². The summed E-state index contributed by atoms with van der Waals surface area (Å²) in [5.74, 6) is -0.0623. The van der Waals surface area contributed by atoms with Gasteiger partial charge in [-0.1, -0.05) is 0 Å². The Kier molecular flexibility index (Phi) is 3.11. The first kappa shape index (κ1) is 10.6. The van der Waals surface area contributed by atoms with Gasteiger partial charge in [0.1, 0.15) is 11.4 Å². The first-order valence-corrected chi connectivity index (χ1v) is 3.89. The predicted octanol–water partition coefficient (Wildman–Crippen LogP) is 2.15. The molecule has 1 rings (SSSR count). The second kappa shape index (κ2) is 4.13. The van der Waals surface area contributed by atoms with Crippen molar-refractivity contribution in [2.45, 2.75) is 13.3 Å². The summed E-state index contributed by atoms with van der Waals surface area (Å²) in [7, 11) is 1.26. The number of pyridine rings is 1. The number of methoxy groups -OCH3 is 1. The van der Waals surface area contributed by atoms with Crippen LogP contribution in [0.25, 0.3) is 0 Å². The lowest BCUT2D eigenvalue weighted by Gasteiger charge is -2.08. The molecule has 1 heterocycles. The van der Waals surface area contributed by atoms with E-state index in [1.165, 1.54) is 20.1 Å². The zero-order valence-corrected chi connectivity index (χ0v) is 7.75. The number of hydrogen-bond acceptors (Lipinski definition) is 3. The first-order valence-electron chi connectivity index (χ1n) is 3.89. The summed E-state index contributed by atoms with van der Waals surface area (Å²) in [5.41, 5.74) is 0.0953. The van der Waals surface area contributed by atoms with Crippen LogP contribution in [0.4, 0.5) is 8.78 Å². The molecule has 0 amide bonds. The van der Waals surface area contributed by atoms with Gasteiger partial charge in [0.2, 0.25) is 0 Å². The lowest BCUT2D eigenvalue weighted by atomic mass is 10.2. The van der Waals surface area contributed by atoms with Gasteiger partial charge in [-0.3, -0.25) is 4.79 Å². The number of carbonyl (C=O) groups is 1. The molecule has 5 heteroatoms. The number of ether oxygens (including phenoxy) is 1. The quantitative estimate of drug-likeness (QED) is 0.703. The summed E-state index contributed by atoms with van der Waals surface area (Å²) in [6.07, 6.45) is -2.15. The summed E-state index contributed by atoms with van der Waals surface area (Å²) in [6, 6.07) is 1.26. The van der Waals surface area contributed by atoms with Crippen molar-refractivity contribution in [3.05, 3.63) is 23.0 Å². The number of alkyl halides is 2. The number of halogens is 2. The second-order valence-electron chi connectivity index (χ2n) is 2.67. The van der Waals surface area contributed by atoms with Gasteiger partial charge < -0.3 is 4.74 Å². The van der Waals surface area contributed by atoms with Crippen molar-refractivity contribution in [1.82, 2.24) is 4.98 Å². The molecule has 14 heavy (non-hydrogen) atoms. The van der Waals surface area contributed by atoms with Crippen LogP contribution in [0.3, 0.4) is 0 Å². The SMILES string of the molecule is COc1cc(C=O)c(C)nc1C(F)F. The van der Waals surface area contributed by atoms with E-state index in [1.54, 1.807) is 0 Å². The van der Waals surface area contributed by atoms with Gasteiger partial charge in [0.25, 0.3) is 6.43 Å². The Morgan fingerprint density at radius 2 is 2.21 bits per heavy atom. The maximum absolute atomic E-state index is 12.4. The van der Waals surface area contributed by atoms with Crippen LogP contribution in [0.5, 0.6) is 5.75 Å². The zero-order chi connectivity index (χ0) is 10.7. The van der Waals surface area contributed by atoms with Crippen molar-refractivity contribution in [2.75, 3.05) is 7.11 Å². The molecule has 0 bridgehead atoms. The molecule has 0 spiro atoms. The lowest BCUT2D eigenvalue weighted by Crippen LogP contribution is -2.01. The average Bonchev–Trinajstić information content (AvgIpc) is 2.17. The maximum atomic E-state index is 12.4. The monoisotopic (exact) mass is 201 g/mol. The third-order valence-corrected chi connectivity index (χ3v) is 1.80. The Morgan fingerprint density at radius 1 is 1.57 bits per heavy atom. The van der Waals surface area contributed by atoms with Gasteiger partial charge in [-0.2, -0.15) is 0 Å². The van der Waals surface area contributed by atoms with Crippen LogP contribution >= 0.6 is 0 Å². The maximum Gasteiger partial charge on any atom is 0.284 e. The molecule has 0 unspecified atom stereocenters. The molecule has 0 fully saturated rings. The highest BCUT2D eigenvalue weighted by molar-refractivity contribution is 5.77. The van der Waals surface area contributed by atoms with Crippen molar-refractivity contribution in [1.29, 1.82) is 0 Å². The fourth-order valence-corrected chi connectivity index (χ4v) is 1.06. The molecule has 0 aliphatic carbocycles. The highest BCUT2D eigenvalue weighted by atomic mass is 19.3. The smallest absolute Gasteiger partial charge is 0.284 e. The number of aromatic nitrogens is 1. The van der Waals surface area contributed by atoms with Crippen LogP contribution in [0, 0.1) is 6.92 Å². The minimum absolute atomic E-state index is 0.0623. The minimum atomic E-state index is -2.70. The van der Waals surface area contributed by atoms with Gasteiger partial charge >= 0.3 is 0 Å². The van der Waals surface area contributed by atoms with E-state index in [1.807, 2.05) is 0 Å². The Bertz CT molecular complexity index is 353. The van der Waals surface area contributed by atoms with E-state index >= 15 is 0 Å². The van der Waals surface area contributed by atoms with Crippen LogP contribution < -0.4 is 4.74 Å². The molecule has 0 radical (unpaired) electrons. The molecule has 1 aromatic heterocycles. The van der Waals surface area contributed by atoms with Gasteiger partial charge in [0, 0.05) is 11.3 Å². The van der Waals surface area contributed by atoms with E-state index < -0.39 is 12.1 Å². The van der Waals surface area contributed by atoms with Gasteiger partial charge in [-0.25, -0.2) is 13.8 Å². The van der Waals surface area contributed by atoms with Crippen molar-refractivity contribution in [2.24, 2.45) is 0 Å². The zero-order valence-electron chi connectivity index (χ0n) is 7.75. The Balaban J connectivity index is 3.31. The standard InChI is InChI=1S/C9H9F2NO2/c1-5-6(4-13)3-7(14-2)8(12-5)9(10)11/h3-4,9H,1-2H3. The lowest BCUT2D eigenvalue weighted by molar-refractivity contribution is 0.112. The van der Waals surface area contributed by atoms with E-state index in [9.17, 15) is 13.6 Å². The normalized spacial score (nSPS) is 10.4. The van der Waals surface area contributed by atoms with Crippen molar-refractivity contribution >= 4 is 6.29 Å². The fraction of sp³-hybridized carbons (Fsp3) is 0.333. The highest BCUT2D eigenvalue weighted by Gasteiger charge is 2.17. The molecule has 0 N–H and O–H groups in total. The predicted molar refractivity (Wildman–Crippen MR) is 45.9 cm³/mol. The summed E-state index contributed by atoms with van der Waals surface area (Å²) < 4.78 is 29.5. The van der Waals surface area contributed by atoms with Crippen LogP contribution in [0.2, 0.25) is 0 Å². The first-order chi connectivity index (χ1) is 6.60. The Labute approximate surface area is 79.7 Å². The summed E-state index contributed by atoms with van der Waals surface area (Å²) in [6.45, 7) is 1.50. The van der Waals surface area contributed by atoms with Gasteiger partial charge in [0.05, 0.1) is 7.11 Å². The molecule has 0 aromatic carbocycles. The molecule has 3 nitrogen and oxygen atoms in total. The molecule has 0 aliphatic heterocycles. The van der Waals surface area contributed by atoms with Crippen LogP contribution in [-0.4, -0.2) is 18.4 Å². The average molecular weight is 201 g/mol. The van der Waals surface area contributed by atoms with E-state index in [2.05, 4.69) is 4.98 Å². The summed E-state index contributed by atoms with van der Waals surface area (Å²) in [4.78, 5) is 14.1.